The van der Waals surface area contributed by atoms with Crippen LogP contribution in [0.2, 0.25) is 0 Å². The summed E-state index contributed by atoms with van der Waals surface area (Å²) in [7, 11) is 0. The zero-order chi connectivity index (χ0) is 13.9. The van der Waals surface area contributed by atoms with Crippen molar-refractivity contribution in [2.24, 2.45) is 0 Å². The summed E-state index contributed by atoms with van der Waals surface area (Å²) in [5, 5.41) is 0. The third kappa shape index (κ3) is 2.96. The molecule has 2 heterocycles. The van der Waals surface area contributed by atoms with Crippen LogP contribution in [0.15, 0.2) is 51.6 Å². The lowest BCUT2D eigenvalue weighted by Crippen LogP contribution is -2.29. The molecule has 1 aliphatic heterocycles. The number of nitrogens with zero attached hydrogens (tertiary/aromatic N) is 1. The third-order valence-electron chi connectivity index (χ3n) is 3.76. The summed E-state index contributed by atoms with van der Waals surface area (Å²) < 4.78 is 6.47. The summed E-state index contributed by atoms with van der Waals surface area (Å²) in [4.78, 5) is 14.2. The fourth-order valence-electron chi connectivity index (χ4n) is 2.63. The second-order valence-corrected chi connectivity index (χ2v) is 6.06. The fraction of sp³-hybridized carbons (Fsp3) is 0.312. The lowest BCUT2D eigenvalue weighted by Gasteiger charge is -2.16. The Hall–Kier alpha value is -1.55. The summed E-state index contributed by atoms with van der Waals surface area (Å²) in [5.41, 5.74) is 1.06. The molecule has 1 fully saturated rings. The van der Waals surface area contributed by atoms with Gasteiger partial charge in [-0.2, -0.15) is 0 Å². The largest absolute Gasteiger partial charge is 0.469 e. The van der Waals surface area contributed by atoms with E-state index < -0.39 is 0 Å². The van der Waals surface area contributed by atoms with E-state index in [1.807, 2.05) is 41.3 Å². The van der Waals surface area contributed by atoms with Gasteiger partial charge < -0.3 is 9.32 Å². The highest BCUT2D eigenvalue weighted by Crippen LogP contribution is 2.27. The fourth-order valence-corrected chi connectivity index (χ4v) is 2.90. The molecule has 4 heteroatoms. The van der Waals surface area contributed by atoms with E-state index in [4.69, 9.17) is 4.42 Å². The maximum absolute atomic E-state index is 12.3. The summed E-state index contributed by atoms with van der Waals surface area (Å²) >= 11 is 3.40. The van der Waals surface area contributed by atoms with E-state index in [0.29, 0.717) is 12.3 Å². The molecule has 1 saturated heterocycles. The van der Waals surface area contributed by atoms with Crippen LogP contribution in [0.4, 0.5) is 0 Å². The average Bonchev–Trinajstić information content (AvgIpc) is 3.11. The molecule has 1 aliphatic rings. The van der Waals surface area contributed by atoms with Gasteiger partial charge in [0, 0.05) is 23.5 Å². The quantitative estimate of drug-likeness (QED) is 0.859. The topological polar surface area (TPSA) is 33.5 Å². The lowest BCUT2D eigenvalue weighted by molar-refractivity contribution is -0.129. The van der Waals surface area contributed by atoms with Crippen LogP contribution in [0.5, 0.6) is 0 Å². The Balaban J connectivity index is 1.60. The molecule has 1 aromatic heterocycles. The molecule has 3 nitrogen and oxygen atoms in total. The van der Waals surface area contributed by atoms with Gasteiger partial charge in [-0.05, 0) is 36.2 Å². The van der Waals surface area contributed by atoms with Crippen LogP contribution < -0.4 is 0 Å². The number of halogens is 1. The van der Waals surface area contributed by atoms with Gasteiger partial charge >= 0.3 is 0 Å². The van der Waals surface area contributed by atoms with Gasteiger partial charge in [-0.3, -0.25) is 4.79 Å². The average molecular weight is 334 g/mol. The SMILES string of the molecule is O=C(Cc1ccc(Br)cc1)N1CCC(c2ccco2)C1. The summed E-state index contributed by atoms with van der Waals surface area (Å²) in [5.74, 6) is 1.53. The Morgan fingerprint density at radius 3 is 2.80 bits per heavy atom. The molecular weight excluding hydrogens is 318 g/mol. The zero-order valence-electron chi connectivity index (χ0n) is 11.1. The van der Waals surface area contributed by atoms with Crippen molar-refractivity contribution in [2.45, 2.75) is 18.8 Å². The van der Waals surface area contributed by atoms with Crippen molar-refractivity contribution in [3.63, 3.8) is 0 Å². The number of amides is 1. The van der Waals surface area contributed by atoms with E-state index in [1.165, 1.54) is 0 Å². The van der Waals surface area contributed by atoms with Gasteiger partial charge in [-0.25, -0.2) is 0 Å². The van der Waals surface area contributed by atoms with E-state index in [1.54, 1.807) is 6.26 Å². The highest BCUT2D eigenvalue weighted by Gasteiger charge is 2.28. The van der Waals surface area contributed by atoms with Crippen LogP contribution in [0.25, 0.3) is 0 Å². The lowest BCUT2D eigenvalue weighted by atomic mass is 10.1. The molecule has 0 spiro atoms. The van der Waals surface area contributed by atoms with Crippen molar-refractivity contribution < 1.29 is 9.21 Å². The van der Waals surface area contributed by atoms with Crippen LogP contribution in [0.3, 0.4) is 0 Å². The Bertz CT molecular complexity index is 577. The van der Waals surface area contributed by atoms with Crippen LogP contribution in [-0.4, -0.2) is 23.9 Å². The van der Waals surface area contributed by atoms with E-state index in [-0.39, 0.29) is 5.91 Å². The first-order valence-corrected chi connectivity index (χ1v) is 7.57. The highest BCUT2D eigenvalue weighted by atomic mass is 79.9. The molecular formula is C16H16BrNO2. The van der Waals surface area contributed by atoms with Crippen LogP contribution in [0, 0.1) is 0 Å². The Morgan fingerprint density at radius 1 is 1.30 bits per heavy atom. The summed E-state index contributed by atoms with van der Waals surface area (Å²) in [6.07, 6.45) is 3.15. The minimum Gasteiger partial charge on any atom is -0.469 e. The Labute approximate surface area is 126 Å². The number of furan rings is 1. The molecule has 1 amide bonds. The van der Waals surface area contributed by atoms with Crippen molar-refractivity contribution in [3.8, 4) is 0 Å². The second-order valence-electron chi connectivity index (χ2n) is 5.14. The molecule has 0 aliphatic carbocycles. The van der Waals surface area contributed by atoms with Gasteiger partial charge in [0.2, 0.25) is 5.91 Å². The molecule has 104 valence electrons. The number of hydrogen-bond donors (Lipinski definition) is 0. The van der Waals surface area contributed by atoms with Gasteiger partial charge in [-0.15, -0.1) is 0 Å². The number of hydrogen-bond acceptors (Lipinski definition) is 2. The summed E-state index contributed by atoms with van der Waals surface area (Å²) in [6.45, 7) is 1.59. The predicted octanol–water partition coefficient (Wildman–Crippen LogP) is 3.60. The molecule has 20 heavy (non-hydrogen) atoms. The van der Waals surface area contributed by atoms with Crippen molar-refractivity contribution in [2.75, 3.05) is 13.1 Å². The van der Waals surface area contributed by atoms with E-state index >= 15 is 0 Å². The number of carbonyl (C=O) groups is 1. The molecule has 3 rings (SSSR count). The molecule has 0 radical (unpaired) electrons. The second kappa shape index (κ2) is 5.83. The maximum atomic E-state index is 12.3. The molecule has 1 aromatic carbocycles. The monoisotopic (exact) mass is 333 g/mol. The smallest absolute Gasteiger partial charge is 0.227 e. The van der Waals surface area contributed by atoms with Crippen LogP contribution in [0.1, 0.15) is 23.7 Å². The van der Waals surface area contributed by atoms with Gasteiger partial charge in [-0.1, -0.05) is 28.1 Å². The third-order valence-corrected chi connectivity index (χ3v) is 4.28. The molecule has 0 saturated carbocycles. The standard InChI is InChI=1S/C16H16BrNO2/c17-14-5-3-12(4-6-14)10-16(19)18-8-7-13(11-18)15-2-1-9-20-15/h1-6,9,13H,7-8,10-11H2. The highest BCUT2D eigenvalue weighted by molar-refractivity contribution is 9.10. The first kappa shape index (κ1) is 13.4. The minimum absolute atomic E-state index is 0.196. The van der Waals surface area contributed by atoms with Crippen molar-refractivity contribution in [1.29, 1.82) is 0 Å². The van der Waals surface area contributed by atoms with Crippen molar-refractivity contribution in [1.82, 2.24) is 4.90 Å². The minimum atomic E-state index is 0.196. The Morgan fingerprint density at radius 2 is 2.10 bits per heavy atom. The zero-order valence-corrected chi connectivity index (χ0v) is 12.7. The summed E-state index contributed by atoms with van der Waals surface area (Å²) in [6, 6.07) is 11.8. The first-order chi connectivity index (χ1) is 9.72. The van der Waals surface area contributed by atoms with E-state index in [2.05, 4.69) is 15.9 Å². The number of likely N-dealkylation sites (tertiary alicyclic amines) is 1. The van der Waals surface area contributed by atoms with Gasteiger partial charge in [0.1, 0.15) is 5.76 Å². The maximum Gasteiger partial charge on any atom is 0.227 e. The predicted molar refractivity (Wildman–Crippen MR) is 80.5 cm³/mol. The van der Waals surface area contributed by atoms with Crippen molar-refractivity contribution in [3.05, 3.63) is 58.5 Å². The first-order valence-electron chi connectivity index (χ1n) is 6.78. The number of rotatable bonds is 3. The molecule has 1 atom stereocenters. The number of benzene rings is 1. The molecule has 0 N–H and O–H groups in total. The molecule has 0 bridgehead atoms. The molecule has 1 unspecified atom stereocenters. The normalized spacial score (nSPS) is 18.4. The van der Waals surface area contributed by atoms with Gasteiger partial charge in [0.15, 0.2) is 0 Å². The van der Waals surface area contributed by atoms with Crippen molar-refractivity contribution >= 4 is 21.8 Å². The Kier molecular flexibility index (Phi) is 3.92. The van der Waals surface area contributed by atoms with Crippen LogP contribution in [-0.2, 0) is 11.2 Å². The van der Waals surface area contributed by atoms with E-state index in [0.717, 1.165) is 35.3 Å². The van der Waals surface area contributed by atoms with E-state index in [9.17, 15) is 4.79 Å². The van der Waals surface area contributed by atoms with Crippen LogP contribution >= 0.6 is 15.9 Å². The van der Waals surface area contributed by atoms with Gasteiger partial charge in [0.05, 0.1) is 12.7 Å². The van der Waals surface area contributed by atoms with Gasteiger partial charge in [0.25, 0.3) is 0 Å². The number of carbonyl (C=O) groups excluding carboxylic acids is 1. The molecule has 2 aromatic rings.